The second-order valence-corrected chi connectivity index (χ2v) is 5.91. The van der Waals surface area contributed by atoms with Crippen molar-refractivity contribution in [3.63, 3.8) is 0 Å². The van der Waals surface area contributed by atoms with E-state index in [9.17, 15) is 9.00 Å². The van der Waals surface area contributed by atoms with Crippen LogP contribution >= 0.6 is 11.6 Å². The van der Waals surface area contributed by atoms with Crippen molar-refractivity contribution in [2.45, 2.75) is 4.90 Å². The molecule has 0 radical (unpaired) electrons. The highest BCUT2D eigenvalue weighted by Crippen LogP contribution is 2.24. The Balaban J connectivity index is 2.22. The van der Waals surface area contributed by atoms with Gasteiger partial charge in [0.2, 0.25) is 0 Å². The average molecular weight is 305 g/mol. The van der Waals surface area contributed by atoms with E-state index in [1.165, 1.54) is 16.4 Å². The van der Waals surface area contributed by atoms with E-state index in [0.29, 0.717) is 32.8 Å². The minimum atomic E-state index is -1.46. The Morgan fingerprint density at radius 1 is 1.25 bits per heavy atom. The molecule has 3 aromatic rings. The minimum absolute atomic E-state index is 0.416. The average Bonchev–Trinajstić information content (AvgIpc) is 2.85. The van der Waals surface area contributed by atoms with Crippen LogP contribution in [0.15, 0.2) is 53.7 Å². The molecule has 0 aliphatic heterocycles. The molecule has 0 fully saturated rings. The topological polar surface area (TPSA) is 52.0 Å². The van der Waals surface area contributed by atoms with Crippen molar-refractivity contribution in [3.05, 3.63) is 59.4 Å². The van der Waals surface area contributed by atoms with Gasteiger partial charge in [-0.2, -0.15) is 0 Å². The van der Waals surface area contributed by atoms with E-state index in [-0.39, 0.29) is 0 Å². The monoisotopic (exact) mass is 304 g/mol. The lowest BCUT2D eigenvalue weighted by molar-refractivity contribution is 0.112. The molecule has 0 amide bonds. The Labute approximate surface area is 122 Å². The molecule has 2 aromatic heterocycles. The molecule has 0 saturated carbocycles. The Morgan fingerprint density at radius 2 is 2.00 bits per heavy atom. The third-order valence-electron chi connectivity index (χ3n) is 2.86. The Bertz CT molecular complexity index is 815. The van der Waals surface area contributed by atoms with E-state index in [4.69, 9.17) is 11.6 Å². The number of halogens is 1. The lowest BCUT2D eigenvalue weighted by Gasteiger charge is -2.04. The molecule has 4 nitrogen and oxygen atoms in total. The number of aromatic nitrogens is 2. The maximum absolute atomic E-state index is 12.6. The lowest BCUT2D eigenvalue weighted by Crippen LogP contribution is -2.04. The number of benzene rings is 1. The highest BCUT2D eigenvalue weighted by molar-refractivity contribution is 7.83. The number of nitrogens with zero attached hydrogens (tertiary/aromatic N) is 2. The van der Waals surface area contributed by atoms with E-state index < -0.39 is 11.0 Å². The molecule has 0 saturated heterocycles. The van der Waals surface area contributed by atoms with Crippen molar-refractivity contribution < 1.29 is 9.00 Å². The summed E-state index contributed by atoms with van der Waals surface area (Å²) in [6.45, 7) is 0. The fourth-order valence-electron chi connectivity index (χ4n) is 1.95. The van der Waals surface area contributed by atoms with Gasteiger partial charge in [0.25, 0.3) is 0 Å². The molecule has 100 valence electrons. The number of rotatable bonds is 3. The Kier molecular flexibility index (Phi) is 3.38. The van der Waals surface area contributed by atoms with Gasteiger partial charge in [-0.15, -0.1) is 0 Å². The number of hydrogen-bond acceptors (Lipinski definition) is 3. The number of hydrogen-bond donors (Lipinski definition) is 0. The maximum Gasteiger partial charge on any atom is 0.158 e. The lowest BCUT2D eigenvalue weighted by atomic mass is 10.2. The van der Waals surface area contributed by atoms with Crippen LogP contribution in [0, 0.1) is 0 Å². The molecular weight excluding hydrogens is 296 g/mol. The molecule has 2 heterocycles. The van der Waals surface area contributed by atoms with Gasteiger partial charge in [0, 0.05) is 23.3 Å². The van der Waals surface area contributed by atoms with Gasteiger partial charge in [0.15, 0.2) is 22.9 Å². The van der Waals surface area contributed by atoms with Gasteiger partial charge in [-0.1, -0.05) is 29.8 Å². The first-order valence-electron chi connectivity index (χ1n) is 5.80. The first-order chi connectivity index (χ1) is 9.70. The quantitative estimate of drug-likeness (QED) is 0.699. The highest BCUT2D eigenvalue weighted by Gasteiger charge is 2.15. The largest absolute Gasteiger partial charge is 0.298 e. The smallest absolute Gasteiger partial charge is 0.158 e. The van der Waals surface area contributed by atoms with E-state index in [1.807, 2.05) is 18.2 Å². The van der Waals surface area contributed by atoms with Crippen LogP contribution in [-0.4, -0.2) is 19.5 Å². The molecule has 0 aliphatic carbocycles. The summed E-state index contributed by atoms with van der Waals surface area (Å²) in [5.74, 6) is 0. The molecule has 0 N–H and O–H groups in total. The van der Waals surface area contributed by atoms with Gasteiger partial charge in [0.1, 0.15) is 0 Å². The molecule has 0 aliphatic rings. The summed E-state index contributed by atoms with van der Waals surface area (Å²) in [6.07, 6.45) is 3.71. The van der Waals surface area contributed by atoms with Crippen LogP contribution in [0.4, 0.5) is 0 Å². The molecule has 1 unspecified atom stereocenters. The van der Waals surface area contributed by atoms with E-state index in [0.717, 1.165) is 0 Å². The number of pyridine rings is 1. The zero-order valence-corrected chi connectivity index (χ0v) is 11.8. The van der Waals surface area contributed by atoms with E-state index >= 15 is 0 Å². The van der Waals surface area contributed by atoms with E-state index in [2.05, 4.69) is 4.98 Å². The molecule has 3 rings (SSSR count). The predicted molar refractivity (Wildman–Crippen MR) is 78.4 cm³/mol. The Hall–Kier alpha value is -1.98. The predicted octanol–water partition coefficient (Wildman–Crippen LogP) is 3.07. The van der Waals surface area contributed by atoms with Crippen LogP contribution < -0.4 is 0 Å². The van der Waals surface area contributed by atoms with Crippen molar-refractivity contribution in [1.29, 1.82) is 0 Å². The second kappa shape index (κ2) is 5.19. The van der Waals surface area contributed by atoms with Crippen molar-refractivity contribution in [1.82, 2.24) is 8.96 Å². The van der Waals surface area contributed by atoms with Crippen LogP contribution in [0.2, 0.25) is 5.02 Å². The first-order valence-corrected chi connectivity index (χ1v) is 7.28. The Morgan fingerprint density at radius 3 is 2.70 bits per heavy atom. The van der Waals surface area contributed by atoms with E-state index in [1.54, 1.807) is 18.2 Å². The summed E-state index contributed by atoms with van der Waals surface area (Å²) in [6, 6.07) is 10.6. The van der Waals surface area contributed by atoms with Crippen molar-refractivity contribution >= 4 is 39.9 Å². The molecule has 1 aromatic carbocycles. The number of fused-ring (bicyclic) bond motifs is 1. The van der Waals surface area contributed by atoms with Crippen molar-refractivity contribution in [2.24, 2.45) is 0 Å². The van der Waals surface area contributed by atoms with Crippen LogP contribution in [0.25, 0.3) is 11.0 Å². The van der Waals surface area contributed by atoms with Gasteiger partial charge < -0.3 is 0 Å². The number of carbonyl (C=O) groups excluding carboxylic acids is 1. The zero-order chi connectivity index (χ0) is 14.1. The summed E-state index contributed by atoms with van der Waals surface area (Å²) in [5, 5.41) is 1.03. The molecule has 6 heteroatoms. The van der Waals surface area contributed by atoms with Crippen LogP contribution in [0.3, 0.4) is 0 Å². The molecule has 1 atom stereocenters. The normalized spacial score (nSPS) is 12.4. The summed E-state index contributed by atoms with van der Waals surface area (Å²) in [5.41, 5.74) is 0.887. The van der Waals surface area contributed by atoms with Gasteiger partial charge in [-0.25, -0.2) is 13.2 Å². The first kappa shape index (κ1) is 13.0. The molecule has 0 spiro atoms. The van der Waals surface area contributed by atoms with Gasteiger partial charge in [0.05, 0.1) is 9.92 Å². The second-order valence-electron chi connectivity index (χ2n) is 4.11. The van der Waals surface area contributed by atoms with Gasteiger partial charge in [-0.05, 0) is 18.2 Å². The van der Waals surface area contributed by atoms with Crippen molar-refractivity contribution in [3.8, 4) is 0 Å². The minimum Gasteiger partial charge on any atom is -0.298 e. The fraction of sp³-hybridized carbons (Fsp3) is 0. The third-order valence-corrected chi connectivity index (χ3v) is 4.38. The summed E-state index contributed by atoms with van der Waals surface area (Å²) < 4.78 is 14.0. The number of aldehydes is 1. The van der Waals surface area contributed by atoms with Crippen LogP contribution in [-0.2, 0) is 11.0 Å². The van der Waals surface area contributed by atoms with Crippen LogP contribution in [0.5, 0.6) is 0 Å². The molecular formula is C14H9ClN2O2S. The summed E-state index contributed by atoms with van der Waals surface area (Å²) in [7, 11) is -1.46. The van der Waals surface area contributed by atoms with Gasteiger partial charge >= 0.3 is 0 Å². The zero-order valence-electron chi connectivity index (χ0n) is 10.2. The summed E-state index contributed by atoms with van der Waals surface area (Å²) in [4.78, 5) is 15.9. The molecule has 0 bridgehead atoms. The third kappa shape index (κ3) is 2.15. The standard InChI is InChI=1S/C14H9ClN2O2S/c15-11-6-13-10(9-18)8-17(14(13)16-7-11)20(19)12-4-2-1-3-5-12/h1-9H. The van der Waals surface area contributed by atoms with Gasteiger partial charge in [-0.3, -0.25) is 4.79 Å². The summed E-state index contributed by atoms with van der Waals surface area (Å²) >= 11 is 5.89. The molecule has 20 heavy (non-hydrogen) atoms. The highest BCUT2D eigenvalue weighted by atomic mass is 35.5. The number of carbonyl (C=O) groups is 1. The SMILES string of the molecule is O=Cc1cn(S(=O)c2ccccc2)c2ncc(Cl)cc12. The fourth-order valence-corrected chi connectivity index (χ4v) is 3.23. The van der Waals surface area contributed by atoms with Crippen LogP contribution in [0.1, 0.15) is 10.4 Å². The maximum atomic E-state index is 12.6. The van der Waals surface area contributed by atoms with Crippen molar-refractivity contribution in [2.75, 3.05) is 0 Å².